The van der Waals surface area contributed by atoms with Gasteiger partial charge in [0.05, 0.1) is 16.8 Å². The van der Waals surface area contributed by atoms with Gasteiger partial charge in [-0.1, -0.05) is 29.9 Å². The van der Waals surface area contributed by atoms with Crippen LogP contribution in [0, 0.1) is 0 Å². The predicted molar refractivity (Wildman–Crippen MR) is 94.9 cm³/mol. The maximum Gasteiger partial charge on any atom is 0.222 e. The Kier molecular flexibility index (Phi) is 4.92. The number of nitrogens with zero attached hydrogens (tertiary/aromatic N) is 3. The van der Waals surface area contributed by atoms with Crippen LogP contribution in [0.3, 0.4) is 0 Å². The number of ether oxygens (including phenoxy) is 1. The van der Waals surface area contributed by atoms with Gasteiger partial charge in [-0.15, -0.1) is 0 Å². The third-order valence-electron chi connectivity index (χ3n) is 4.03. The Morgan fingerprint density at radius 3 is 2.74 bits per heavy atom. The highest BCUT2D eigenvalue weighted by Crippen LogP contribution is 2.38. The lowest BCUT2D eigenvalue weighted by Gasteiger charge is -2.34. The minimum absolute atomic E-state index is 0.255. The van der Waals surface area contributed by atoms with Crippen LogP contribution in [0.5, 0.6) is 5.75 Å². The van der Waals surface area contributed by atoms with Crippen molar-refractivity contribution in [1.82, 2.24) is 9.88 Å². The number of anilines is 1. The fourth-order valence-corrected chi connectivity index (χ4v) is 4.03. The number of carbonyl (C=O) groups excluding carboxylic acids is 1. The zero-order chi connectivity index (χ0) is 16.4. The molecule has 1 aromatic carbocycles. The number of methoxy groups -OCH3 is 1. The van der Waals surface area contributed by atoms with Crippen LogP contribution in [-0.4, -0.2) is 49.1 Å². The van der Waals surface area contributed by atoms with Gasteiger partial charge >= 0.3 is 0 Å². The number of halogens is 1. The summed E-state index contributed by atoms with van der Waals surface area (Å²) in [5.41, 5.74) is 0.810. The van der Waals surface area contributed by atoms with Crippen LogP contribution in [0.25, 0.3) is 10.2 Å². The summed E-state index contributed by atoms with van der Waals surface area (Å²) in [7, 11) is 1.61. The summed E-state index contributed by atoms with van der Waals surface area (Å²) in [6.07, 6.45) is 1.54. The maximum atomic E-state index is 12.0. The molecule has 5 nitrogen and oxygen atoms in total. The summed E-state index contributed by atoms with van der Waals surface area (Å²) in [5.74, 6) is 0.883. The second-order valence-electron chi connectivity index (χ2n) is 5.54. The van der Waals surface area contributed by atoms with Gasteiger partial charge in [0.1, 0.15) is 5.52 Å². The Labute approximate surface area is 144 Å². The smallest absolute Gasteiger partial charge is 0.222 e. The molecule has 1 amide bonds. The van der Waals surface area contributed by atoms with Gasteiger partial charge in [-0.25, -0.2) is 4.98 Å². The van der Waals surface area contributed by atoms with E-state index in [1.54, 1.807) is 18.4 Å². The van der Waals surface area contributed by atoms with Crippen molar-refractivity contribution in [3.8, 4) is 5.75 Å². The molecule has 0 saturated carbocycles. The van der Waals surface area contributed by atoms with Crippen LogP contribution in [-0.2, 0) is 4.79 Å². The van der Waals surface area contributed by atoms with Gasteiger partial charge in [0.15, 0.2) is 10.9 Å². The van der Waals surface area contributed by atoms with Crippen molar-refractivity contribution < 1.29 is 9.53 Å². The Balaban J connectivity index is 1.76. The molecule has 0 bridgehead atoms. The van der Waals surface area contributed by atoms with Crippen LogP contribution < -0.4 is 9.64 Å². The van der Waals surface area contributed by atoms with Crippen molar-refractivity contribution in [2.75, 3.05) is 38.2 Å². The summed E-state index contributed by atoms with van der Waals surface area (Å²) in [6, 6.07) is 3.81. The summed E-state index contributed by atoms with van der Waals surface area (Å²) in [5, 5.41) is 1.54. The van der Waals surface area contributed by atoms with Gasteiger partial charge in [0.25, 0.3) is 0 Å². The average Bonchev–Trinajstić information content (AvgIpc) is 2.99. The van der Waals surface area contributed by atoms with Crippen LogP contribution in [0.15, 0.2) is 12.1 Å². The molecule has 0 atom stereocenters. The lowest BCUT2D eigenvalue weighted by atomic mass is 10.2. The van der Waals surface area contributed by atoms with Crippen LogP contribution >= 0.6 is 22.9 Å². The molecule has 2 aromatic rings. The lowest BCUT2D eigenvalue weighted by Crippen LogP contribution is -2.48. The first kappa shape index (κ1) is 16.3. The van der Waals surface area contributed by atoms with E-state index < -0.39 is 0 Å². The standard InChI is InChI=1S/C16H20ClN3O2S/c1-3-4-13(21)19-7-9-20(10-8-19)16-18-14-12(23-16)6-5-11(17)15(14)22-2/h5-6H,3-4,7-10H2,1-2H3. The molecule has 0 unspecified atom stereocenters. The van der Waals surface area contributed by atoms with E-state index in [9.17, 15) is 4.79 Å². The predicted octanol–water partition coefficient (Wildman–Crippen LogP) is 3.41. The molecular weight excluding hydrogens is 334 g/mol. The van der Waals surface area contributed by atoms with Gasteiger partial charge in [0.2, 0.25) is 5.91 Å². The summed E-state index contributed by atoms with van der Waals surface area (Å²) < 4.78 is 6.44. The molecule has 7 heteroatoms. The molecule has 1 fully saturated rings. The third kappa shape index (κ3) is 3.23. The van der Waals surface area contributed by atoms with E-state index >= 15 is 0 Å². The number of hydrogen-bond acceptors (Lipinski definition) is 5. The Morgan fingerprint density at radius 1 is 1.35 bits per heavy atom. The zero-order valence-corrected chi connectivity index (χ0v) is 14.9. The molecule has 23 heavy (non-hydrogen) atoms. The topological polar surface area (TPSA) is 45.7 Å². The molecule has 1 aliphatic rings. The average molecular weight is 354 g/mol. The Bertz CT molecular complexity index is 711. The molecular formula is C16H20ClN3O2S. The van der Waals surface area contributed by atoms with Gasteiger partial charge in [-0.2, -0.15) is 0 Å². The molecule has 124 valence electrons. The van der Waals surface area contributed by atoms with E-state index in [0.29, 0.717) is 17.2 Å². The molecule has 1 saturated heterocycles. The Morgan fingerprint density at radius 2 is 2.09 bits per heavy atom. The van der Waals surface area contributed by atoms with Crippen molar-refractivity contribution in [1.29, 1.82) is 0 Å². The van der Waals surface area contributed by atoms with Crippen molar-refractivity contribution >= 4 is 44.2 Å². The van der Waals surface area contributed by atoms with Crippen molar-refractivity contribution in [3.05, 3.63) is 17.2 Å². The number of thiazole rings is 1. The maximum absolute atomic E-state index is 12.0. The molecule has 0 spiro atoms. The monoisotopic (exact) mass is 353 g/mol. The highest BCUT2D eigenvalue weighted by atomic mass is 35.5. The van der Waals surface area contributed by atoms with Gasteiger partial charge in [-0.05, 0) is 18.6 Å². The van der Waals surface area contributed by atoms with Crippen LogP contribution in [0.4, 0.5) is 5.13 Å². The van der Waals surface area contributed by atoms with E-state index in [1.165, 1.54) is 0 Å². The quantitative estimate of drug-likeness (QED) is 0.845. The van der Waals surface area contributed by atoms with Crippen molar-refractivity contribution in [2.24, 2.45) is 0 Å². The first-order valence-corrected chi connectivity index (χ1v) is 8.99. The third-order valence-corrected chi connectivity index (χ3v) is 5.41. The number of rotatable bonds is 4. The molecule has 1 aliphatic heterocycles. The first-order chi connectivity index (χ1) is 11.1. The Hall–Kier alpha value is -1.53. The number of aromatic nitrogens is 1. The first-order valence-electron chi connectivity index (χ1n) is 7.79. The summed E-state index contributed by atoms with van der Waals surface area (Å²) in [4.78, 5) is 20.9. The zero-order valence-electron chi connectivity index (χ0n) is 13.3. The summed E-state index contributed by atoms with van der Waals surface area (Å²) >= 11 is 7.80. The largest absolute Gasteiger partial charge is 0.493 e. The molecule has 0 aliphatic carbocycles. The number of amides is 1. The molecule has 1 aromatic heterocycles. The van der Waals surface area contributed by atoms with Gasteiger partial charge in [-0.3, -0.25) is 4.79 Å². The van der Waals surface area contributed by atoms with Gasteiger partial charge < -0.3 is 14.5 Å². The van der Waals surface area contributed by atoms with E-state index in [0.717, 1.165) is 47.9 Å². The lowest BCUT2D eigenvalue weighted by molar-refractivity contribution is -0.131. The molecule has 2 heterocycles. The van der Waals surface area contributed by atoms with Crippen molar-refractivity contribution in [2.45, 2.75) is 19.8 Å². The van der Waals surface area contributed by atoms with E-state index in [4.69, 9.17) is 21.3 Å². The van der Waals surface area contributed by atoms with E-state index in [2.05, 4.69) is 4.90 Å². The van der Waals surface area contributed by atoms with Crippen LogP contribution in [0.2, 0.25) is 5.02 Å². The molecule has 0 N–H and O–H groups in total. The summed E-state index contributed by atoms with van der Waals surface area (Å²) in [6.45, 7) is 5.17. The van der Waals surface area contributed by atoms with Crippen molar-refractivity contribution in [3.63, 3.8) is 0 Å². The fraction of sp³-hybridized carbons (Fsp3) is 0.500. The number of carbonyl (C=O) groups is 1. The van der Waals surface area contributed by atoms with Gasteiger partial charge in [0, 0.05) is 32.6 Å². The normalized spacial score (nSPS) is 15.3. The number of benzene rings is 1. The number of fused-ring (bicyclic) bond motifs is 1. The highest BCUT2D eigenvalue weighted by Gasteiger charge is 2.23. The second kappa shape index (κ2) is 6.93. The molecule has 0 radical (unpaired) electrons. The second-order valence-corrected chi connectivity index (χ2v) is 6.96. The SMILES string of the molecule is CCCC(=O)N1CCN(c2nc3c(OC)c(Cl)ccc3s2)CC1. The minimum Gasteiger partial charge on any atom is -0.493 e. The number of piperazine rings is 1. The molecule has 3 rings (SSSR count). The van der Waals surface area contributed by atoms with E-state index in [-0.39, 0.29) is 5.91 Å². The minimum atomic E-state index is 0.255. The van der Waals surface area contributed by atoms with Crippen LogP contribution in [0.1, 0.15) is 19.8 Å². The fourth-order valence-electron chi connectivity index (χ4n) is 2.78. The highest BCUT2D eigenvalue weighted by molar-refractivity contribution is 7.22. The van der Waals surface area contributed by atoms with E-state index in [1.807, 2.05) is 24.0 Å². The number of hydrogen-bond donors (Lipinski definition) is 0.